The molecule has 13 nitrogen and oxygen atoms in total. The summed E-state index contributed by atoms with van der Waals surface area (Å²) in [6.07, 6.45) is -0.586. The number of hydrogen-bond donors (Lipinski definition) is 6. The molecule has 0 bridgehead atoms. The van der Waals surface area contributed by atoms with E-state index in [1.165, 1.54) is 0 Å². The number of likely N-dealkylation sites (tertiary alicyclic amines) is 1. The number of nitrogens with zero attached hydrogens (tertiary/aromatic N) is 1. The normalized spacial score (nSPS) is 17.6. The predicted molar refractivity (Wildman–Crippen MR) is 120 cm³/mol. The molecular formula is C22H29N5O8. The molecule has 0 radical (unpaired) electrons. The molecule has 1 heterocycles. The van der Waals surface area contributed by atoms with E-state index in [2.05, 4.69) is 10.6 Å². The number of nitrogens with two attached hydrogens (primary N) is 2. The number of amides is 4. The van der Waals surface area contributed by atoms with Crippen LogP contribution in [0.1, 0.15) is 31.2 Å². The van der Waals surface area contributed by atoms with E-state index in [1.54, 1.807) is 30.3 Å². The molecule has 0 aliphatic carbocycles. The van der Waals surface area contributed by atoms with Crippen molar-refractivity contribution < 1.29 is 39.0 Å². The minimum atomic E-state index is -1.48. The van der Waals surface area contributed by atoms with Crippen molar-refractivity contribution in [1.29, 1.82) is 0 Å². The number of carboxylic acid groups (broad SMARTS) is 2. The highest BCUT2D eigenvalue weighted by Gasteiger charge is 2.38. The van der Waals surface area contributed by atoms with Crippen LogP contribution in [-0.4, -0.2) is 81.4 Å². The van der Waals surface area contributed by atoms with E-state index in [9.17, 15) is 33.9 Å². The second-order valence-electron chi connectivity index (χ2n) is 8.21. The Morgan fingerprint density at radius 2 is 1.66 bits per heavy atom. The van der Waals surface area contributed by atoms with Crippen LogP contribution in [0.3, 0.4) is 0 Å². The first kappa shape index (κ1) is 27.2. The number of nitrogens with one attached hydrogen (secondary N) is 2. The number of benzene rings is 1. The smallest absolute Gasteiger partial charge is 0.326 e. The first-order chi connectivity index (χ1) is 16.5. The van der Waals surface area contributed by atoms with Crippen LogP contribution in [0.2, 0.25) is 0 Å². The maximum absolute atomic E-state index is 12.9. The number of carbonyl (C=O) groups excluding carboxylic acids is 4. The van der Waals surface area contributed by atoms with Crippen LogP contribution in [0, 0.1) is 0 Å². The predicted octanol–water partition coefficient (Wildman–Crippen LogP) is -2.05. The van der Waals surface area contributed by atoms with Crippen molar-refractivity contribution in [3.63, 3.8) is 0 Å². The lowest BCUT2D eigenvalue weighted by Crippen LogP contribution is -2.57. The molecule has 0 aromatic heterocycles. The zero-order valence-corrected chi connectivity index (χ0v) is 18.9. The summed E-state index contributed by atoms with van der Waals surface area (Å²) in [7, 11) is 0. The molecule has 8 N–H and O–H groups in total. The van der Waals surface area contributed by atoms with Gasteiger partial charge >= 0.3 is 11.9 Å². The van der Waals surface area contributed by atoms with Crippen molar-refractivity contribution in [3.8, 4) is 0 Å². The van der Waals surface area contributed by atoms with Gasteiger partial charge in [-0.1, -0.05) is 30.3 Å². The van der Waals surface area contributed by atoms with Crippen LogP contribution in [0.5, 0.6) is 0 Å². The van der Waals surface area contributed by atoms with Gasteiger partial charge in [-0.25, -0.2) is 4.79 Å². The van der Waals surface area contributed by atoms with Gasteiger partial charge in [0.15, 0.2) is 0 Å². The van der Waals surface area contributed by atoms with Crippen molar-refractivity contribution >= 4 is 35.6 Å². The monoisotopic (exact) mass is 491 g/mol. The third-order valence-corrected chi connectivity index (χ3v) is 5.49. The summed E-state index contributed by atoms with van der Waals surface area (Å²) in [6.45, 7) is 0.162. The molecule has 4 amide bonds. The summed E-state index contributed by atoms with van der Waals surface area (Å²) in [5.74, 6) is -5.93. The molecule has 4 atom stereocenters. The SMILES string of the molecule is NC(=O)CC(NC(=O)C1CCCN1C(=O)C(N)CC(=O)O)C(=O)NC(Cc1ccccc1)C(=O)O. The molecule has 1 aliphatic rings. The largest absolute Gasteiger partial charge is 0.481 e. The van der Waals surface area contributed by atoms with E-state index in [4.69, 9.17) is 16.6 Å². The van der Waals surface area contributed by atoms with Gasteiger partial charge in [-0.3, -0.25) is 24.0 Å². The lowest BCUT2D eigenvalue weighted by Gasteiger charge is -2.28. The van der Waals surface area contributed by atoms with Gasteiger partial charge in [0.25, 0.3) is 0 Å². The van der Waals surface area contributed by atoms with Gasteiger partial charge in [0.1, 0.15) is 18.1 Å². The highest BCUT2D eigenvalue weighted by atomic mass is 16.4. The molecule has 1 fully saturated rings. The number of hydrogen-bond acceptors (Lipinski definition) is 7. The maximum atomic E-state index is 12.9. The van der Waals surface area contributed by atoms with Crippen LogP contribution in [0.25, 0.3) is 0 Å². The third kappa shape index (κ3) is 8.07. The number of carbonyl (C=O) groups is 6. The van der Waals surface area contributed by atoms with Crippen LogP contribution in [-0.2, 0) is 35.2 Å². The summed E-state index contributed by atoms with van der Waals surface area (Å²) in [4.78, 5) is 73.5. The highest BCUT2D eigenvalue weighted by molar-refractivity contribution is 5.96. The van der Waals surface area contributed by atoms with E-state index < -0.39 is 72.6 Å². The van der Waals surface area contributed by atoms with Gasteiger partial charge in [0, 0.05) is 13.0 Å². The topological polar surface area (TPSA) is 222 Å². The Morgan fingerprint density at radius 1 is 1.00 bits per heavy atom. The van der Waals surface area contributed by atoms with E-state index in [1.807, 2.05) is 0 Å². The quantitative estimate of drug-likeness (QED) is 0.189. The Labute approximate surface area is 200 Å². The van der Waals surface area contributed by atoms with Crippen molar-refractivity contribution in [3.05, 3.63) is 35.9 Å². The minimum Gasteiger partial charge on any atom is -0.481 e. The Kier molecular flexibility index (Phi) is 9.70. The molecule has 13 heteroatoms. The summed E-state index contributed by atoms with van der Waals surface area (Å²) in [5, 5.41) is 23.1. The van der Waals surface area contributed by atoms with E-state index in [0.29, 0.717) is 12.0 Å². The maximum Gasteiger partial charge on any atom is 0.326 e. The van der Waals surface area contributed by atoms with E-state index in [0.717, 1.165) is 4.90 Å². The molecular weight excluding hydrogens is 462 g/mol. The second kappa shape index (κ2) is 12.5. The fourth-order valence-corrected chi connectivity index (χ4v) is 3.79. The average Bonchev–Trinajstić information content (AvgIpc) is 3.27. The molecule has 4 unspecified atom stereocenters. The molecule has 35 heavy (non-hydrogen) atoms. The van der Waals surface area contributed by atoms with Gasteiger partial charge < -0.3 is 37.2 Å². The minimum absolute atomic E-state index is 0.0362. The van der Waals surface area contributed by atoms with Gasteiger partial charge in [0.2, 0.25) is 23.6 Å². The van der Waals surface area contributed by atoms with Crippen molar-refractivity contribution in [2.75, 3.05) is 6.54 Å². The Balaban J connectivity index is 2.11. The Morgan fingerprint density at radius 3 is 2.23 bits per heavy atom. The Hall–Kier alpha value is -4.00. The highest BCUT2D eigenvalue weighted by Crippen LogP contribution is 2.19. The first-order valence-corrected chi connectivity index (χ1v) is 10.9. The zero-order chi connectivity index (χ0) is 26.1. The molecule has 1 aromatic carbocycles. The number of carboxylic acids is 2. The fraction of sp³-hybridized carbons (Fsp3) is 0.455. The molecule has 1 saturated heterocycles. The van der Waals surface area contributed by atoms with Crippen LogP contribution < -0.4 is 22.1 Å². The Bertz CT molecular complexity index is 970. The number of aliphatic carboxylic acids is 2. The van der Waals surface area contributed by atoms with Crippen LogP contribution in [0.4, 0.5) is 0 Å². The molecule has 0 saturated carbocycles. The standard InChI is InChI=1S/C22H29N5O8/c23-13(10-18(29)30)21(33)27-8-4-7-16(27)20(32)25-14(11-17(24)28)19(31)26-15(22(34)35)9-12-5-2-1-3-6-12/h1-3,5-6,13-16H,4,7-11,23H2,(H2,24,28)(H,25,32)(H,26,31)(H,29,30)(H,34,35). The average molecular weight is 492 g/mol. The van der Waals surface area contributed by atoms with E-state index >= 15 is 0 Å². The van der Waals surface area contributed by atoms with Gasteiger partial charge in [-0.2, -0.15) is 0 Å². The first-order valence-electron chi connectivity index (χ1n) is 10.9. The van der Waals surface area contributed by atoms with Crippen molar-refractivity contribution in [2.45, 2.75) is 56.3 Å². The fourth-order valence-electron chi connectivity index (χ4n) is 3.79. The summed E-state index contributed by atoms with van der Waals surface area (Å²) in [6, 6.07) is 3.34. The summed E-state index contributed by atoms with van der Waals surface area (Å²) < 4.78 is 0. The van der Waals surface area contributed by atoms with Gasteiger partial charge in [-0.05, 0) is 18.4 Å². The zero-order valence-electron chi connectivity index (χ0n) is 18.9. The molecule has 190 valence electrons. The van der Waals surface area contributed by atoms with E-state index in [-0.39, 0.29) is 19.4 Å². The number of primary amides is 1. The molecule has 2 rings (SSSR count). The van der Waals surface area contributed by atoms with Crippen molar-refractivity contribution in [2.24, 2.45) is 11.5 Å². The van der Waals surface area contributed by atoms with Crippen LogP contribution >= 0.6 is 0 Å². The summed E-state index contributed by atoms with van der Waals surface area (Å²) >= 11 is 0. The lowest BCUT2D eigenvalue weighted by molar-refractivity contribution is -0.144. The van der Waals surface area contributed by atoms with Crippen LogP contribution in [0.15, 0.2) is 30.3 Å². The molecule has 1 aromatic rings. The lowest BCUT2D eigenvalue weighted by atomic mass is 10.0. The van der Waals surface area contributed by atoms with Crippen molar-refractivity contribution in [1.82, 2.24) is 15.5 Å². The van der Waals surface area contributed by atoms with Gasteiger partial charge in [-0.15, -0.1) is 0 Å². The molecule has 1 aliphatic heterocycles. The van der Waals surface area contributed by atoms with Gasteiger partial charge in [0.05, 0.1) is 18.9 Å². The second-order valence-corrected chi connectivity index (χ2v) is 8.21. The number of rotatable bonds is 12. The summed E-state index contributed by atoms with van der Waals surface area (Å²) in [5.41, 5.74) is 11.5. The molecule has 0 spiro atoms. The third-order valence-electron chi connectivity index (χ3n) is 5.49.